The van der Waals surface area contributed by atoms with Gasteiger partial charge in [0.25, 0.3) is 5.91 Å². The number of aliphatic hydroxyl groups is 1. The van der Waals surface area contributed by atoms with Crippen molar-refractivity contribution >= 4 is 5.91 Å². The molecule has 2 aromatic heterocycles. The number of aromatic nitrogens is 2. The SMILES string of the molecule is COCCNC(=O)c1c(-c2cccnc2)noc1[C@H](C)O. The first-order valence-corrected chi connectivity index (χ1v) is 6.50. The molecule has 0 fully saturated rings. The zero-order valence-corrected chi connectivity index (χ0v) is 11.9. The first kappa shape index (κ1) is 15.1. The summed E-state index contributed by atoms with van der Waals surface area (Å²) < 4.78 is 10.0. The Morgan fingerprint density at radius 2 is 2.38 bits per heavy atom. The topological polar surface area (TPSA) is 97.5 Å². The summed E-state index contributed by atoms with van der Waals surface area (Å²) in [6.07, 6.45) is 2.26. The van der Waals surface area contributed by atoms with Crippen molar-refractivity contribution in [2.75, 3.05) is 20.3 Å². The summed E-state index contributed by atoms with van der Waals surface area (Å²) in [6.45, 7) is 2.26. The van der Waals surface area contributed by atoms with Gasteiger partial charge >= 0.3 is 0 Å². The molecule has 7 heteroatoms. The van der Waals surface area contributed by atoms with Gasteiger partial charge in [0.1, 0.15) is 17.4 Å². The number of methoxy groups -OCH3 is 1. The fraction of sp³-hybridized carbons (Fsp3) is 0.357. The summed E-state index contributed by atoms with van der Waals surface area (Å²) in [5, 5.41) is 16.3. The van der Waals surface area contributed by atoms with E-state index in [0.29, 0.717) is 24.4 Å². The van der Waals surface area contributed by atoms with Crippen LogP contribution in [-0.4, -0.2) is 41.4 Å². The molecule has 0 aromatic carbocycles. The lowest BCUT2D eigenvalue weighted by Gasteiger charge is -2.07. The molecule has 2 aromatic rings. The molecule has 0 spiro atoms. The van der Waals surface area contributed by atoms with Crippen molar-refractivity contribution in [2.24, 2.45) is 0 Å². The van der Waals surface area contributed by atoms with Crippen LogP contribution in [0.1, 0.15) is 29.1 Å². The number of pyridine rings is 1. The summed E-state index contributed by atoms with van der Waals surface area (Å²) in [5.41, 5.74) is 1.22. The van der Waals surface area contributed by atoms with Crippen LogP contribution in [0.3, 0.4) is 0 Å². The van der Waals surface area contributed by atoms with Crippen LogP contribution < -0.4 is 5.32 Å². The van der Waals surface area contributed by atoms with Gasteiger partial charge in [-0.15, -0.1) is 0 Å². The fourth-order valence-electron chi connectivity index (χ4n) is 1.86. The molecule has 0 radical (unpaired) electrons. The third-order valence-corrected chi connectivity index (χ3v) is 2.85. The second-order valence-corrected chi connectivity index (χ2v) is 4.44. The van der Waals surface area contributed by atoms with Crippen LogP contribution in [0.25, 0.3) is 11.3 Å². The Hall–Kier alpha value is -2.25. The lowest BCUT2D eigenvalue weighted by molar-refractivity contribution is 0.0924. The number of hydrogen-bond acceptors (Lipinski definition) is 6. The van der Waals surface area contributed by atoms with Gasteiger partial charge in [-0.2, -0.15) is 0 Å². The molecule has 1 amide bonds. The molecule has 0 aliphatic heterocycles. The Bertz CT molecular complexity index is 596. The number of carbonyl (C=O) groups is 1. The van der Waals surface area contributed by atoms with E-state index in [1.807, 2.05) is 0 Å². The van der Waals surface area contributed by atoms with E-state index in [1.165, 1.54) is 6.92 Å². The highest BCUT2D eigenvalue weighted by atomic mass is 16.5. The molecule has 21 heavy (non-hydrogen) atoms. The number of carbonyl (C=O) groups excluding carboxylic acids is 1. The first-order chi connectivity index (χ1) is 10.1. The standard InChI is InChI=1S/C14H17N3O4/c1-9(18)13-11(14(19)16-6-7-20-2)12(17-21-13)10-4-3-5-15-8-10/h3-5,8-9,18H,6-7H2,1-2H3,(H,16,19)/t9-/m0/s1. The third-order valence-electron chi connectivity index (χ3n) is 2.85. The average molecular weight is 291 g/mol. The minimum Gasteiger partial charge on any atom is -0.385 e. The maximum absolute atomic E-state index is 12.3. The number of amides is 1. The average Bonchev–Trinajstić information content (AvgIpc) is 2.93. The highest BCUT2D eigenvalue weighted by Crippen LogP contribution is 2.28. The number of ether oxygens (including phenoxy) is 1. The van der Waals surface area contributed by atoms with Crippen molar-refractivity contribution < 1.29 is 19.2 Å². The van der Waals surface area contributed by atoms with Gasteiger partial charge in [0.15, 0.2) is 5.76 Å². The molecule has 0 bridgehead atoms. The molecule has 0 aliphatic carbocycles. The summed E-state index contributed by atoms with van der Waals surface area (Å²) in [6, 6.07) is 3.50. The molecule has 2 heterocycles. The molecule has 0 saturated heterocycles. The summed E-state index contributed by atoms with van der Waals surface area (Å²) >= 11 is 0. The Labute approximate surface area is 121 Å². The predicted octanol–water partition coefficient (Wildman–Crippen LogP) is 1.17. The van der Waals surface area contributed by atoms with E-state index in [0.717, 1.165) is 0 Å². The lowest BCUT2D eigenvalue weighted by atomic mass is 10.0. The van der Waals surface area contributed by atoms with Crippen molar-refractivity contribution in [3.05, 3.63) is 35.9 Å². The monoisotopic (exact) mass is 291 g/mol. The maximum Gasteiger partial charge on any atom is 0.257 e. The van der Waals surface area contributed by atoms with E-state index in [9.17, 15) is 9.90 Å². The minimum absolute atomic E-state index is 0.128. The molecular formula is C14H17N3O4. The highest BCUT2D eigenvalue weighted by Gasteiger charge is 2.26. The van der Waals surface area contributed by atoms with Crippen LogP contribution in [0.4, 0.5) is 0 Å². The van der Waals surface area contributed by atoms with E-state index in [-0.39, 0.29) is 17.2 Å². The number of aliphatic hydroxyl groups excluding tert-OH is 1. The van der Waals surface area contributed by atoms with E-state index in [4.69, 9.17) is 9.26 Å². The van der Waals surface area contributed by atoms with Gasteiger partial charge in [-0.3, -0.25) is 9.78 Å². The maximum atomic E-state index is 12.3. The minimum atomic E-state index is -0.939. The first-order valence-electron chi connectivity index (χ1n) is 6.50. The molecule has 0 aliphatic rings. The predicted molar refractivity (Wildman–Crippen MR) is 74.6 cm³/mol. The van der Waals surface area contributed by atoms with Crippen molar-refractivity contribution in [2.45, 2.75) is 13.0 Å². The van der Waals surface area contributed by atoms with Crippen LogP contribution in [0.5, 0.6) is 0 Å². The van der Waals surface area contributed by atoms with Gasteiger partial charge < -0.3 is 19.7 Å². The molecule has 1 atom stereocenters. The number of nitrogens with zero attached hydrogens (tertiary/aromatic N) is 2. The van der Waals surface area contributed by atoms with Crippen molar-refractivity contribution in [1.29, 1.82) is 0 Å². The van der Waals surface area contributed by atoms with Gasteiger partial charge in [0, 0.05) is 31.6 Å². The second-order valence-electron chi connectivity index (χ2n) is 4.44. The molecule has 2 N–H and O–H groups in total. The van der Waals surface area contributed by atoms with Crippen molar-refractivity contribution in [3.63, 3.8) is 0 Å². The number of nitrogens with one attached hydrogen (secondary N) is 1. The van der Waals surface area contributed by atoms with Crippen molar-refractivity contribution in [3.8, 4) is 11.3 Å². The van der Waals surface area contributed by atoms with Gasteiger partial charge in [-0.1, -0.05) is 5.16 Å². The summed E-state index contributed by atoms with van der Waals surface area (Å²) in [5.74, 6) is -0.244. The summed E-state index contributed by atoms with van der Waals surface area (Å²) in [4.78, 5) is 16.3. The van der Waals surface area contributed by atoms with Crippen LogP contribution in [0.15, 0.2) is 29.0 Å². The zero-order valence-electron chi connectivity index (χ0n) is 11.9. The van der Waals surface area contributed by atoms with Gasteiger partial charge in [0.05, 0.1) is 6.61 Å². The van der Waals surface area contributed by atoms with Crippen molar-refractivity contribution in [1.82, 2.24) is 15.5 Å². The quantitative estimate of drug-likeness (QED) is 0.775. The lowest BCUT2D eigenvalue weighted by Crippen LogP contribution is -2.28. The second kappa shape index (κ2) is 6.96. The summed E-state index contributed by atoms with van der Waals surface area (Å²) in [7, 11) is 1.55. The molecule has 112 valence electrons. The van der Waals surface area contributed by atoms with E-state index >= 15 is 0 Å². The van der Waals surface area contributed by atoms with E-state index in [1.54, 1.807) is 31.6 Å². The molecule has 7 nitrogen and oxygen atoms in total. The van der Waals surface area contributed by atoms with E-state index < -0.39 is 6.10 Å². The Kier molecular flexibility index (Phi) is 5.02. The molecule has 0 saturated carbocycles. The van der Waals surface area contributed by atoms with Crippen LogP contribution in [0.2, 0.25) is 0 Å². The van der Waals surface area contributed by atoms with Crippen LogP contribution >= 0.6 is 0 Å². The van der Waals surface area contributed by atoms with E-state index in [2.05, 4.69) is 15.5 Å². The smallest absolute Gasteiger partial charge is 0.257 e. The Morgan fingerprint density at radius 3 is 3.00 bits per heavy atom. The van der Waals surface area contributed by atoms with Crippen LogP contribution in [0, 0.1) is 0 Å². The highest BCUT2D eigenvalue weighted by molar-refractivity contribution is 6.00. The molecule has 0 unspecified atom stereocenters. The normalized spacial score (nSPS) is 12.1. The number of hydrogen-bond donors (Lipinski definition) is 2. The largest absolute Gasteiger partial charge is 0.385 e. The fourth-order valence-corrected chi connectivity index (χ4v) is 1.86. The van der Waals surface area contributed by atoms with Gasteiger partial charge in [-0.25, -0.2) is 0 Å². The Morgan fingerprint density at radius 1 is 1.57 bits per heavy atom. The molecular weight excluding hydrogens is 274 g/mol. The Balaban J connectivity index is 2.36. The zero-order chi connectivity index (χ0) is 15.2. The third kappa shape index (κ3) is 3.45. The van der Waals surface area contributed by atoms with Crippen LogP contribution in [-0.2, 0) is 4.74 Å². The number of rotatable bonds is 6. The van der Waals surface area contributed by atoms with Gasteiger partial charge in [0.2, 0.25) is 0 Å². The molecule has 2 rings (SSSR count). The van der Waals surface area contributed by atoms with Gasteiger partial charge in [-0.05, 0) is 19.1 Å².